The van der Waals surface area contributed by atoms with E-state index in [4.69, 9.17) is 10.5 Å². The number of carbonyl (C=O) groups excluding carboxylic acids is 1. The van der Waals surface area contributed by atoms with Crippen LogP contribution >= 0.6 is 0 Å². The summed E-state index contributed by atoms with van der Waals surface area (Å²) in [6.45, 7) is 2.74. The van der Waals surface area contributed by atoms with Crippen molar-refractivity contribution in [3.05, 3.63) is 12.2 Å². The maximum absolute atomic E-state index is 10.4. The van der Waals surface area contributed by atoms with Gasteiger partial charge in [0.15, 0.2) is 0 Å². The zero-order valence-corrected chi connectivity index (χ0v) is 16.1. The van der Waals surface area contributed by atoms with Gasteiger partial charge in [0.1, 0.15) is 0 Å². The number of primary amides is 1. The van der Waals surface area contributed by atoms with Crippen molar-refractivity contribution in [2.45, 2.75) is 110 Å². The summed E-state index contributed by atoms with van der Waals surface area (Å²) in [4.78, 5) is 10.4. The normalized spacial score (nSPS) is 11.2. The van der Waals surface area contributed by atoms with Crippen LogP contribution in [0.2, 0.25) is 0 Å². The molecule has 2 N–H and O–H groups in total. The van der Waals surface area contributed by atoms with Crippen molar-refractivity contribution in [1.82, 2.24) is 0 Å². The van der Waals surface area contributed by atoms with E-state index in [1.54, 1.807) is 0 Å². The minimum Gasteiger partial charge on any atom is -0.450 e. The number of amides is 1. The number of carbonyl (C=O) groups is 1. The van der Waals surface area contributed by atoms with Crippen LogP contribution in [0.3, 0.4) is 0 Å². The number of hydrogen-bond acceptors (Lipinski definition) is 2. The fourth-order valence-electron chi connectivity index (χ4n) is 2.88. The van der Waals surface area contributed by atoms with Crippen molar-refractivity contribution >= 4 is 6.09 Å². The Morgan fingerprint density at radius 1 is 0.708 bits per heavy atom. The third kappa shape index (κ3) is 21.0. The molecule has 0 aliphatic rings. The van der Waals surface area contributed by atoms with E-state index < -0.39 is 6.09 Å². The number of allylic oxidation sites excluding steroid dienone is 2. The Bertz CT molecular complexity index is 290. The molecule has 0 fully saturated rings. The van der Waals surface area contributed by atoms with Crippen molar-refractivity contribution in [3.8, 4) is 0 Å². The van der Waals surface area contributed by atoms with Gasteiger partial charge >= 0.3 is 6.09 Å². The standard InChI is InChI=1S/C21H41NO2/c1-2-3-4-5-6-7-8-9-10-11-12-13-14-15-16-17-18-19-20-24-21(22)23/h9-10H,2-8,11-20H2,1H3,(H2,22,23)/b10-9+. The average Bonchev–Trinajstić information content (AvgIpc) is 2.56. The summed E-state index contributed by atoms with van der Waals surface area (Å²) >= 11 is 0. The van der Waals surface area contributed by atoms with Crippen LogP contribution < -0.4 is 5.73 Å². The molecule has 0 aromatic heterocycles. The number of ether oxygens (including phenoxy) is 1. The lowest BCUT2D eigenvalue weighted by Crippen LogP contribution is -2.13. The fourth-order valence-corrected chi connectivity index (χ4v) is 2.88. The minimum absolute atomic E-state index is 0.473. The van der Waals surface area contributed by atoms with E-state index in [0.717, 1.165) is 12.8 Å². The molecule has 0 saturated heterocycles. The van der Waals surface area contributed by atoms with Crippen molar-refractivity contribution in [1.29, 1.82) is 0 Å². The van der Waals surface area contributed by atoms with Gasteiger partial charge in [-0.15, -0.1) is 0 Å². The molecule has 0 aromatic rings. The van der Waals surface area contributed by atoms with E-state index in [2.05, 4.69) is 19.1 Å². The summed E-state index contributed by atoms with van der Waals surface area (Å²) in [5.74, 6) is 0. The van der Waals surface area contributed by atoms with Gasteiger partial charge in [0.25, 0.3) is 0 Å². The van der Waals surface area contributed by atoms with Crippen LogP contribution in [-0.4, -0.2) is 12.7 Å². The van der Waals surface area contributed by atoms with E-state index in [1.807, 2.05) is 0 Å². The number of hydrogen-bond donors (Lipinski definition) is 1. The third-order valence-corrected chi connectivity index (χ3v) is 4.40. The highest BCUT2D eigenvalue weighted by atomic mass is 16.5. The Labute approximate surface area is 150 Å². The molecule has 0 spiro atoms. The van der Waals surface area contributed by atoms with Gasteiger partial charge in [0.2, 0.25) is 0 Å². The molecule has 3 heteroatoms. The van der Waals surface area contributed by atoms with Crippen LogP contribution in [0.4, 0.5) is 4.79 Å². The first-order chi connectivity index (χ1) is 11.8. The highest BCUT2D eigenvalue weighted by molar-refractivity contribution is 5.64. The monoisotopic (exact) mass is 339 g/mol. The minimum atomic E-state index is -0.656. The molecule has 0 heterocycles. The van der Waals surface area contributed by atoms with Gasteiger partial charge in [-0.25, -0.2) is 4.79 Å². The summed E-state index contributed by atoms with van der Waals surface area (Å²) in [6, 6.07) is 0. The van der Waals surface area contributed by atoms with E-state index >= 15 is 0 Å². The van der Waals surface area contributed by atoms with E-state index in [9.17, 15) is 4.79 Å². The summed E-state index contributed by atoms with van der Waals surface area (Å²) in [7, 11) is 0. The Balaban J connectivity index is 3.06. The number of rotatable bonds is 18. The predicted molar refractivity (Wildman–Crippen MR) is 104 cm³/mol. The Hall–Kier alpha value is -0.990. The van der Waals surface area contributed by atoms with Crippen LogP contribution in [0.25, 0.3) is 0 Å². The van der Waals surface area contributed by atoms with Crippen LogP contribution in [0.1, 0.15) is 110 Å². The summed E-state index contributed by atoms with van der Waals surface area (Å²) in [6.07, 6.45) is 24.9. The lowest BCUT2D eigenvalue weighted by molar-refractivity contribution is 0.154. The SMILES string of the molecule is CCCCCCCC/C=C/CCCCCCCCCCOC(N)=O. The summed E-state index contributed by atoms with van der Waals surface area (Å²) < 4.78 is 4.70. The van der Waals surface area contributed by atoms with Crippen LogP contribution in [0.15, 0.2) is 12.2 Å². The van der Waals surface area contributed by atoms with E-state index in [0.29, 0.717) is 6.61 Å². The van der Waals surface area contributed by atoms with Gasteiger partial charge in [0.05, 0.1) is 6.61 Å². The Kier molecular flexibility index (Phi) is 19.2. The molecular weight excluding hydrogens is 298 g/mol. The molecular formula is C21H41NO2. The van der Waals surface area contributed by atoms with Gasteiger partial charge < -0.3 is 10.5 Å². The van der Waals surface area contributed by atoms with Crippen molar-refractivity contribution in [2.24, 2.45) is 5.73 Å². The number of nitrogens with two attached hydrogens (primary N) is 1. The fraction of sp³-hybridized carbons (Fsp3) is 0.857. The van der Waals surface area contributed by atoms with Gasteiger partial charge in [-0.2, -0.15) is 0 Å². The third-order valence-electron chi connectivity index (χ3n) is 4.40. The van der Waals surface area contributed by atoms with Gasteiger partial charge in [-0.3, -0.25) is 0 Å². The molecule has 1 amide bonds. The van der Waals surface area contributed by atoms with Gasteiger partial charge in [-0.05, 0) is 32.1 Å². The topological polar surface area (TPSA) is 52.3 Å². The first-order valence-electron chi connectivity index (χ1n) is 10.3. The van der Waals surface area contributed by atoms with Gasteiger partial charge in [0, 0.05) is 0 Å². The molecule has 0 rings (SSSR count). The second-order valence-corrected chi connectivity index (χ2v) is 6.81. The van der Waals surface area contributed by atoms with Gasteiger partial charge in [-0.1, -0.05) is 89.7 Å². The molecule has 0 saturated carbocycles. The summed E-state index contributed by atoms with van der Waals surface area (Å²) in [5, 5.41) is 0. The lowest BCUT2D eigenvalue weighted by Gasteiger charge is -2.02. The van der Waals surface area contributed by atoms with Crippen molar-refractivity contribution < 1.29 is 9.53 Å². The molecule has 3 nitrogen and oxygen atoms in total. The molecule has 24 heavy (non-hydrogen) atoms. The zero-order valence-electron chi connectivity index (χ0n) is 16.1. The number of unbranched alkanes of at least 4 members (excludes halogenated alkanes) is 14. The molecule has 0 aliphatic heterocycles. The maximum Gasteiger partial charge on any atom is 0.404 e. The second kappa shape index (κ2) is 20.1. The largest absolute Gasteiger partial charge is 0.450 e. The lowest BCUT2D eigenvalue weighted by atomic mass is 10.1. The second-order valence-electron chi connectivity index (χ2n) is 6.81. The van der Waals surface area contributed by atoms with Crippen LogP contribution in [-0.2, 0) is 4.74 Å². The van der Waals surface area contributed by atoms with E-state index in [1.165, 1.54) is 89.9 Å². The molecule has 0 aliphatic carbocycles. The molecule has 0 bridgehead atoms. The Morgan fingerprint density at radius 2 is 1.12 bits per heavy atom. The molecule has 0 atom stereocenters. The Morgan fingerprint density at radius 3 is 1.58 bits per heavy atom. The van der Waals surface area contributed by atoms with E-state index in [-0.39, 0.29) is 0 Å². The first kappa shape index (κ1) is 23.0. The van der Waals surface area contributed by atoms with Crippen LogP contribution in [0, 0.1) is 0 Å². The van der Waals surface area contributed by atoms with Crippen LogP contribution in [0.5, 0.6) is 0 Å². The highest BCUT2D eigenvalue weighted by Crippen LogP contribution is 2.11. The molecule has 0 radical (unpaired) electrons. The summed E-state index contributed by atoms with van der Waals surface area (Å²) in [5.41, 5.74) is 4.90. The smallest absolute Gasteiger partial charge is 0.404 e. The highest BCUT2D eigenvalue weighted by Gasteiger charge is 1.95. The van der Waals surface area contributed by atoms with Crippen molar-refractivity contribution in [3.63, 3.8) is 0 Å². The molecule has 0 unspecified atom stereocenters. The quantitative estimate of drug-likeness (QED) is 0.218. The predicted octanol–water partition coefficient (Wildman–Crippen LogP) is 6.90. The first-order valence-corrected chi connectivity index (χ1v) is 10.3. The maximum atomic E-state index is 10.4. The zero-order chi connectivity index (χ0) is 17.7. The molecule has 0 aromatic carbocycles. The van der Waals surface area contributed by atoms with Crippen molar-refractivity contribution in [2.75, 3.05) is 6.61 Å². The molecule has 142 valence electrons. The average molecular weight is 340 g/mol.